The topological polar surface area (TPSA) is 16.8 Å². The van der Waals surface area contributed by atoms with E-state index in [0.29, 0.717) is 0 Å². The van der Waals surface area contributed by atoms with Crippen LogP contribution in [-0.4, -0.2) is 4.98 Å². The van der Waals surface area contributed by atoms with Crippen molar-refractivity contribution in [3.8, 4) is 0 Å². The standard InChI is InChI=1S/C7H11N2/c1-3-7-6-8-4-5-9(7)2/h4-6H,3H2,1-2H3/q+1. The third kappa shape index (κ3) is 1.25. The van der Waals surface area contributed by atoms with E-state index in [2.05, 4.69) is 16.5 Å². The summed E-state index contributed by atoms with van der Waals surface area (Å²) in [7, 11) is 2.03. The first kappa shape index (κ1) is 6.20. The third-order valence-corrected chi connectivity index (χ3v) is 1.42. The normalized spacial score (nSPS) is 9.56. The Morgan fingerprint density at radius 3 is 2.89 bits per heavy atom. The van der Waals surface area contributed by atoms with Crippen LogP contribution < -0.4 is 4.57 Å². The maximum Gasteiger partial charge on any atom is 0.199 e. The van der Waals surface area contributed by atoms with Gasteiger partial charge in [0.25, 0.3) is 0 Å². The average Bonchev–Trinajstić information content (AvgIpc) is 1.89. The molecule has 1 rings (SSSR count). The van der Waals surface area contributed by atoms with Gasteiger partial charge >= 0.3 is 0 Å². The molecule has 1 aromatic rings. The van der Waals surface area contributed by atoms with Crippen LogP contribution in [-0.2, 0) is 13.5 Å². The molecule has 0 amide bonds. The molecular weight excluding hydrogens is 112 g/mol. The van der Waals surface area contributed by atoms with Crippen molar-refractivity contribution >= 4 is 0 Å². The van der Waals surface area contributed by atoms with E-state index in [1.54, 1.807) is 6.20 Å². The van der Waals surface area contributed by atoms with Crippen LogP contribution in [0, 0.1) is 0 Å². The van der Waals surface area contributed by atoms with E-state index in [1.807, 2.05) is 19.4 Å². The lowest BCUT2D eigenvalue weighted by atomic mass is 10.3. The Labute approximate surface area is 55.2 Å². The molecule has 2 heteroatoms. The third-order valence-electron chi connectivity index (χ3n) is 1.42. The van der Waals surface area contributed by atoms with Crippen LogP contribution in [0.25, 0.3) is 0 Å². The lowest BCUT2D eigenvalue weighted by Gasteiger charge is -1.91. The zero-order valence-electron chi connectivity index (χ0n) is 5.83. The fourth-order valence-corrected chi connectivity index (χ4v) is 0.795. The first-order valence-electron chi connectivity index (χ1n) is 3.13. The van der Waals surface area contributed by atoms with Crippen molar-refractivity contribution in [2.75, 3.05) is 0 Å². The molecule has 48 valence electrons. The number of rotatable bonds is 1. The SMILES string of the molecule is CCc1cncc[n+]1C. The van der Waals surface area contributed by atoms with Crippen molar-refractivity contribution in [1.29, 1.82) is 0 Å². The molecule has 0 aliphatic carbocycles. The summed E-state index contributed by atoms with van der Waals surface area (Å²) in [5.74, 6) is 0. The minimum Gasteiger partial charge on any atom is -0.252 e. The Bertz CT molecular complexity index is 196. The van der Waals surface area contributed by atoms with Gasteiger partial charge in [0, 0.05) is 6.42 Å². The molecule has 1 heterocycles. The number of hydrogen-bond acceptors (Lipinski definition) is 1. The van der Waals surface area contributed by atoms with Gasteiger partial charge in [-0.05, 0) is 0 Å². The summed E-state index contributed by atoms with van der Waals surface area (Å²) >= 11 is 0. The van der Waals surface area contributed by atoms with Crippen LogP contribution in [0.1, 0.15) is 12.6 Å². The predicted molar refractivity (Wildman–Crippen MR) is 34.8 cm³/mol. The Morgan fingerprint density at radius 2 is 2.44 bits per heavy atom. The highest BCUT2D eigenvalue weighted by atomic mass is 14.9. The quantitative estimate of drug-likeness (QED) is 0.496. The Balaban J connectivity index is 3.01. The van der Waals surface area contributed by atoms with Crippen molar-refractivity contribution in [2.45, 2.75) is 13.3 Å². The van der Waals surface area contributed by atoms with E-state index in [0.717, 1.165) is 6.42 Å². The van der Waals surface area contributed by atoms with Crippen molar-refractivity contribution < 1.29 is 4.57 Å². The zero-order valence-corrected chi connectivity index (χ0v) is 5.83. The number of nitrogens with zero attached hydrogens (tertiary/aromatic N) is 2. The van der Waals surface area contributed by atoms with Gasteiger partial charge in [-0.25, -0.2) is 4.57 Å². The largest absolute Gasteiger partial charge is 0.252 e. The van der Waals surface area contributed by atoms with Crippen molar-refractivity contribution in [3.63, 3.8) is 0 Å². The smallest absolute Gasteiger partial charge is 0.199 e. The predicted octanol–water partition coefficient (Wildman–Crippen LogP) is 0.469. The molecular formula is C7H11N2+. The van der Waals surface area contributed by atoms with Gasteiger partial charge < -0.3 is 0 Å². The zero-order chi connectivity index (χ0) is 6.69. The number of aryl methyl sites for hydroxylation is 2. The van der Waals surface area contributed by atoms with Crippen LogP contribution in [0.2, 0.25) is 0 Å². The lowest BCUT2D eigenvalue weighted by Crippen LogP contribution is -2.32. The maximum atomic E-state index is 4.00. The van der Waals surface area contributed by atoms with Gasteiger partial charge in [0.2, 0.25) is 0 Å². The van der Waals surface area contributed by atoms with Gasteiger partial charge in [-0.15, -0.1) is 0 Å². The van der Waals surface area contributed by atoms with Gasteiger partial charge in [-0.2, -0.15) is 0 Å². The summed E-state index contributed by atoms with van der Waals surface area (Å²) < 4.78 is 2.08. The second-order valence-electron chi connectivity index (χ2n) is 2.03. The van der Waals surface area contributed by atoms with Crippen LogP contribution in [0.3, 0.4) is 0 Å². The van der Waals surface area contributed by atoms with E-state index in [1.165, 1.54) is 5.69 Å². The summed E-state index contributed by atoms with van der Waals surface area (Å²) in [5.41, 5.74) is 1.26. The highest BCUT2D eigenvalue weighted by Crippen LogP contribution is 1.85. The number of aromatic nitrogens is 2. The molecule has 0 bridgehead atoms. The van der Waals surface area contributed by atoms with Gasteiger partial charge in [-0.1, -0.05) is 6.92 Å². The Hall–Kier alpha value is -0.920. The summed E-state index contributed by atoms with van der Waals surface area (Å²) in [4.78, 5) is 4.00. The maximum absolute atomic E-state index is 4.00. The molecule has 0 aliphatic heterocycles. The van der Waals surface area contributed by atoms with E-state index in [9.17, 15) is 0 Å². The molecule has 0 atom stereocenters. The Kier molecular flexibility index (Phi) is 1.78. The second-order valence-corrected chi connectivity index (χ2v) is 2.03. The highest BCUT2D eigenvalue weighted by molar-refractivity contribution is 4.84. The molecule has 0 fully saturated rings. The summed E-state index contributed by atoms with van der Waals surface area (Å²) in [6, 6.07) is 0. The minimum atomic E-state index is 1.05. The molecule has 0 unspecified atom stereocenters. The van der Waals surface area contributed by atoms with Gasteiger partial charge in [0.05, 0.1) is 12.4 Å². The van der Waals surface area contributed by atoms with Crippen molar-refractivity contribution in [1.82, 2.24) is 4.98 Å². The van der Waals surface area contributed by atoms with E-state index in [4.69, 9.17) is 0 Å². The van der Waals surface area contributed by atoms with Gasteiger partial charge in [0.15, 0.2) is 11.9 Å². The summed E-state index contributed by atoms with van der Waals surface area (Å²) in [6.45, 7) is 2.12. The molecule has 0 spiro atoms. The summed E-state index contributed by atoms with van der Waals surface area (Å²) in [5, 5.41) is 0. The van der Waals surface area contributed by atoms with Gasteiger partial charge in [0.1, 0.15) is 7.05 Å². The molecule has 0 aromatic carbocycles. The monoisotopic (exact) mass is 123 g/mol. The van der Waals surface area contributed by atoms with Crippen LogP contribution in [0.4, 0.5) is 0 Å². The average molecular weight is 123 g/mol. The molecule has 9 heavy (non-hydrogen) atoms. The molecule has 0 saturated carbocycles. The van der Waals surface area contributed by atoms with E-state index < -0.39 is 0 Å². The number of hydrogen-bond donors (Lipinski definition) is 0. The fraction of sp³-hybridized carbons (Fsp3) is 0.429. The van der Waals surface area contributed by atoms with Crippen molar-refractivity contribution in [3.05, 3.63) is 24.3 Å². The second kappa shape index (κ2) is 2.58. The minimum absolute atomic E-state index is 1.05. The molecule has 0 radical (unpaired) electrons. The fourth-order valence-electron chi connectivity index (χ4n) is 0.795. The molecule has 1 aromatic heterocycles. The van der Waals surface area contributed by atoms with Crippen LogP contribution in [0.5, 0.6) is 0 Å². The van der Waals surface area contributed by atoms with Gasteiger partial charge in [-0.3, -0.25) is 4.98 Å². The Morgan fingerprint density at radius 1 is 1.67 bits per heavy atom. The van der Waals surface area contributed by atoms with E-state index in [-0.39, 0.29) is 0 Å². The summed E-state index contributed by atoms with van der Waals surface area (Å²) in [6.07, 6.45) is 6.68. The van der Waals surface area contributed by atoms with E-state index >= 15 is 0 Å². The molecule has 0 aliphatic rings. The van der Waals surface area contributed by atoms with Crippen LogP contribution >= 0.6 is 0 Å². The lowest BCUT2D eigenvalue weighted by molar-refractivity contribution is -0.679. The molecule has 0 saturated heterocycles. The highest BCUT2D eigenvalue weighted by Gasteiger charge is 1.98. The molecule has 0 N–H and O–H groups in total. The molecule has 2 nitrogen and oxygen atoms in total. The van der Waals surface area contributed by atoms with Crippen LogP contribution in [0.15, 0.2) is 18.6 Å². The first-order chi connectivity index (χ1) is 4.34. The van der Waals surface area contributed by atoms with Crippen molar-refractivity contribution in [2.24, 2.45) is 7.05 Å². The first-order valence-corrected chi connectivity index (χ1v) is 3.13.